The lowest BCUT2D eigenvalue weighted by Crippen LogP contribution is -2.47. The lowest BCUT2D eigenvalue weighted by molar-refractivity contribution is -0.160. The first-order chi connectivity index (χ1) is 15.8. The van der Waals surface area contributed by atoms with E-state index in [1.807, 2.05) is 13.8 Å². The van der Waals surface area contributed by atoms with Gasteiger partial charge in [-0.1, -0.05) is 44.2 Å². The van der Waals surface area contributed by atoms with E-state index in [1.54, 1.807) is 18.2 Å². The van der Waals surface area contributed by atoms with Crippen LogP contribution >= 0.6 is 0 Å². The number of piperidine rings is 1. The number of benzene rings is 2. The van der Waals surface area contributed by atoms with Gasteiger partial charge in [-0.25, -0.2) is 0 Å². The number of hydrogen-bond acceptors (Lipinski definition) is 2. The Morgan fingerprint density at radius 2 is 1.65 bits per heavy atom. The smallest absolute Gasteiger partial charge is 0.416 e. The fourth-order valence-electron chi connectivity index (χ4n) is 4.40. The van der Waals surface area contributed by atoms with E-state index in [1.165, 1.54) is 12.1 Å². The number of alkyl halides is 6. The predicted octanol–water partition coefficient (Wildman–Crippen LogP) is 6.98. The maximum absolute atomic E-state index is 13.0. The largest absolute Gasteiger partial charge is 0.481 e. The first-order valence-electron chi connectivity index (χ1n) is 11.1. The van der Waals surface area contributed by atoms with Crippen LogP contribution in [0.2, 0.25) is 0 Å². The zero-order valence-electron chi connectivity index (χ0n) is 18.8. The van der Waals surface area contributed by atoms with Gasteiger partial charge in [0.05, 0.1) is 11.5 Å². The van der Waals surface area contributed by atoms with E-state index in [9.17, 15) is 36.2 Å². The normalized spacial score (nSPS) is 20.4. The molecule has 1 heterocycles. The standard InChI is InChI=1S/C25H27F6NO2/c1-14(2)9-21(23(33)34)19-11-17(15-3-6-20(7-4-15)24(26,27)28)10-18(12-19)16-5-8-22(32-13-16)25(29,30)31/h3-4,6-7,10-12,14,16,21-22,32H,5,8-9,13H2,1-2H3,(H,33,34)/t16-,21-,22-/m1/s1. The molecule has 186 valence electrons. The minimum Gasteiger partial charge on any atom is -0.481 e. The molecule has 0 saturated carbocycles. The maximum Gasteiger partial charge on any atom is 0.416 e. The van der Waals surface area contributed by atoms with Crippen LogP contribution in [0.25, 0.3) is 11.1 Å². The molecule has 0 amide bonds. The monoisotopic (exact) mass is 487 g/mol. The van der Waals surface area contributed by atoms with E-state index >= 15 is 0 Å². The third kappa shape index (κ3) is 6.31. The molecule has 3 nitrogen and oxygen atoms in total. The summed E-state index contributed by atoms with van der Waals surface area (Å²) < 4.78 is 78.1. The molecular formula is C25H27F6NO2. The molecule has 1 aliphatic heterocycles. The highest BCUT2D eigenvalue weighted by molar-refractivity contribution is 5.77. The van der Waals surface area contributed by atoms with Crippen molar-refractivity contribution in [1.29, 1.82) is 0 Å². The fraction of sp³-hybridized carbons (Fsp3) is 0.480. The summed E-state index contributed by atoms with van der Waals surface area (Å²) in [5, 5.41) is 12.4. The van der Waals surface area contributed by atoms with Crippen LogP contribution < -0.4 is 5.32 Å². The van der Waals surface area contributed by atoms with Crippen LogP contribution in [-0.4, -0.2) is 29.8 Å². The molecule has 0 radical (unpaired) electrons. The molecule has 1 fully saturated rings. The molecule has 2 aromatic rings. The average molecular weight is 487 g/mol. The second kappa shape index (κ2) is 9.98. The molecule has 0 unspecified atom stereocenters. The zero-order chi connectivity index (χ0) is 25.3. The molecule has 1 aliphatic rings. The molecule has 9 heteroatoms. The van der Waals surface area contributed by atoms with E-state index in [4.69, 9.17) is 0 Å². The number of halogens is 6. The molecule has 3 rings (SSSR count). The summed E-state index contributed by atoms with van der Waals surface area (Å²) in [4.78, 5) is 12.0. The molecule has 0 aliphatic carbocycles. The number of rotatable bonds is 6. The summed E-state index contributed by atoms with van der Waals surface area (Å²) in [5.41, 5.74) is 1.38. The Bertz CT molecular complexity index is 990. The number of hydrogen-bond donors (Lipinski definition) is 2. The van der Waals surface area contributed by atoms with Crippen molar-refractivity contribution < 1.29 is 36.2 Å². The fourth-order valence-corrected chi connectivity index (χ4v) is 4.40. The van der Waals surface area contributed by atoms with E-state index in [-0.39, 0.29) is 31.2 Å². The van der Waals surface area contributed by atoms with Crippen LogP contribution in [0.1, 0.15) is 61.6 Å². The summed E-state index contributed by atoms with van der Waals surface area (Å²) in [6, 6.07) is 8.08. The van der Waals surface area contributed by atoms with Crippen molar-refractivity contribution in [2.75, 3.05) is 6.54 Å². The summed E-state index contributed by atoms with van der Waals surface area (Å²) in [5.74, 6) is -2.07. The molecule has 0 bridgehead atoms. The van der Waals surface area contributed by atoms with Gasteiger partial charge in [-0.05, 0) is 65.5 Å². The van der Waals surface area contributed by atoms with Crippen LogP contribution in [0, 0.1) is 5.92 Å². The van der Waals surface area contributed by atoms with E-state index < -0.39 is 35.8 Å². The Morgan fingerprint density at radius 3 is 2.12 bits per heavy atom. The SMILES string of the molecule is CC(C)C[C@@H](C(=O)O)c1cc(-c2ccc(C(F)(F)F)cc2)cc([C@@H]2CC[C@H](C(F)(F)F)NC2)c1. The molecule has 1 saturated heterocycles. The molecule has 34 heavy (non-hydrogen) atoms. The highest BCUT2D eigenvalue weighted by Crippen LogP contribution is 2.37. The van der Waals surface area contributed by atoms with Gasteiger partial charge in [0, 0.05) is 6.54 Å². The lowest BCUT2D eigenvalue weighted by atomic mass is 9.82. The second-order valence-electron chi connectivity index (χ2n) is 9.26. The average Bonchev–Trinajstić information content (AvgIpc) is 2.76. The van der Waals surface area contributed by atoms with Crippen molar-refractivity contribution in [2.45, 2.75) is 63.3 Å². The van der Waals surface area contributed by atoms with Crippen LogP contribution in [0.15, 0.2) is 42.5 Å². The summed E-state index contributed by atoms with van der Waals surface area (Å²) in [6.07, 6.45) is -8.33. The van der Waals surface area contributed by atoms with Gasteiger partial charge >= 0.3 is 18.3 Å². The van der Waals surface area contributed by atoms with Gasteiger partial charge in [0.1, 0.15) is 6.04 Å². The molecule has 2 aromatic carbocycles. The molecular weight excluding hydrogens is 460 g/mol. The zero-order valence-corrected chi connectivity index (χ0v) is 18.8. The highest BCUT2D eigenvalue weighted by Gasteiger charge is 2.41. The van der Waals surface area contributed by atoms with Crippen LogP contribution in [-0.2, 0) is 11.0 Å². The second-order valence-corrected chi connectivity index (χ2v) is 9.26. The summed E-state index contributed by atoms with van der Waals surface area (Å²) in [7, 11) is 0. The van der Waals surface area contributed by atoms with Crippen molar-refractivity contribution in [3.63, 3.8) is 0 Å². The van der Waals surface area contributed by atoms with Gasteiger partial charge < -0.3 is 10.4 Å². The first-order valence-corrected chi connectivity index (χ1v) is 11.1. The van der Waals surface area contributed by atoms with Gasteiger partial charge in [0.25, 0.3) is 0 Å². The molecule has 0 aromatic heterocycles. The lowest BCUT2D eigenvalue weighted by Gasteiger charge is -2.32. The highest BCUT2D eigenvalue weighted by atomic mass is 19.4. The van der Waals surface area contributed by atoms with Gasteiger partial charge in [0.15, 0.2) is 0 Å². The van der Waals surface area contributed by atoms with Gasteiger partial charge in [0.2, 0.25) is 0 Å². The number of carboxylic acid groups (broad SMARTS) is 1. The molecule has 3 atom stereocenters. The van der Waals surface area contributed by atoms with Crippen LogP contribution in [0.4, 0.5) is 26.3 Å². The Hall–Kier alpha value is -2.55. The Balaban J connectivity index is 2.01. The number of carbonyl (C=O) groups is 1. The van der Waals surface area contributed by atoms with Crippen LogP contribution in [0.5, 0.6) is 0 Å². The number of carboxylic acids is 1. The number of aliphatic carboxylic acids is 1. The van der Waals surface area contributed by atoms with Crippen molar-refractivity contribution in [1.82, 2.24) is 5.32 Å². The molecule has 0 spiro atoms. The minimum absolute atomic E-state index is 0.0714. The predicted molar refractivity (Wildman–Crippen MR) is 117 cm³/mol. The van der Waals surface area contributed by atoms with E-state index in [2.05, 4.69) is 5.32 Å². The van der Waals surface area contributed by atoms with Gasteiger partial charge in [-0.3, -0.25) is 4.79 Å². The third-order valence-electron chi connectivity index (χ3n) is 6.21. The van der Waals surface area contributed by atoms with Crippen LogP contribution in [0.3, 0.4) is 0 Å². The van der Waals surface area contributed by atoms with Gasteiger partial charge in [-0.2, -0.15) is 26.3 Å². The Kier molecular flexibility index (Phi) is 7.65. The Labute approximate surface area is 194 Å². The topological polar surface area (TPSA) is 49.3 Å². The Morgan fingerprint density at radius 1 is 1.00 bits per heavy atom. The molecule has 2 N–H and O–H groups in total. The summed E-state index contributed by atoms with van der Waals surface area (Å²) >= 11 is 0. The van der Waals surface area contributed by atoms with E-state index in [0.29, 0.717) is 28.7 Å². The van der Waals surface area contributed by atoms with Crippen molar-refractivity contribution in [2.24, 2.45) is 5.92 Å². The van der Waals surface area contributed by atoms with Crippen molar-refractivity contribution >= 4 is 5.97 Å². The first kappa shape index (κ1) is 26.1. The van der Waals surface area contributed by atoms with Crippen molar-refractivity contribution in [3.05, 3.63) is 59.2 Å². The quantitative estimate of drug-likeness (QED) is 0.432. The minimum atomic E-state index is -4.49. The number of nitrogens with one attached hydrogen (secondary N) is 1. The van der Waals surface area contributed by atoms with E-state index in [0.717, 1.165) is 12.1 Å². The van der Waals surface area contributed by atoms with Crippen molar-refractivity contribution in [3.8, 4) is 11.1 Å². The van der Waals surface area contributed by atoms with Gasteiger partial charge in [-0.15, -0.1) is 0 Å². The summed E-state index contributed by atoms with van der Waals surface area (Å²) in [6.45, 7) is 3.85. The maximum atomic E-state index is 13.0. The third-order valence-corrected chi connectivity index (χ3v) is 6.21.